The molecule has 3 aromatic heterocycles. The summed E-state index contributed by atoms with van der Waals surface area (Å²) in [5.74, 6) is 0.726. The van der Waals surface area contributed by atoms with Crippen molar-refractivity contribution in [3.05, 3.63) is 63.6 Å². The maximum Gasteiger partial charge on any atom is 0.257 e. The molecule has 8 nitrogen and oxygen atoms in total. The number of piperidine rings is 1. The van der Waals surface area contributed by atoms with Crippen LogP contribution >= 0.6 is 23.1 Å². The topological polar surface area (TPSA) is 100 Å². The highest BCUT2D eigenvalue weighted by Gasteiger charge is 2.20. The van der Waals surface area contributed by atoms with E-state index in [9.17, 15) is 9.59 Å². The van der Waals surface area contributed by atoms with Gasteiger partial charge in [0.15, 0.2) is 5.62 Å². The normalized spacial score (nSPS) is 14.4. The minimum Gasteiger partial charge on any atom is -0.355 e. The Morgan fingerprint density at radius 1 is 1.19 bits per heavy atom. The number of thioether (sulfide) groups is 1. The number of thiophene rings is 1. The van der Waals surface area contributed by atoms with E-state index < -0.39 is 0 Å². The number of hydrogen-bond donors (Lipinski definition) is 2. The van der Waals surface area contributed by atoms with Gasteiger partial charge in [-0.2, -0.15) is 11.3 Å². The molecular weight excluding hydrogens is 504 g/mol. The van der Waals surface area contributed by atoms with Gasteiger partial charge in [0, 0.05) is 37.3 Å². The number of carbonyl (C=O) groups is 2. The minimum atomic E-state index is -0.324. The van der Waals surface area contributed by atoms with Crippen molar-refractivity contribution in [3.8, 4) is 11.3 Å². The van der Waals surface area contributed by atoms with Crippen molar-refractivity contribution in [1.82, 2.24) is 25.2 Å². The molecule has 0 aromatic carbocycles. The number of aromatic nitrogens is 3. The maximum atomic E-state index is 11.9. The summed E-state index contributed by atoms with van der Waals surface area (Å²) in [5.41, 5.74) is 4.52. The Balaban J connectivity index is 0.00000186. The molecule has 0 atom stereocenters. The quantitative estimate of drug-likeness (QED) is 0.276. The lowest BCUT2D eigenvalue weighted by Crippen LogP contribution is -2.35. The van der Waals surface area contributed by atoms with E-state index in [1.807, 2.05) is 13.8 Å². The fraction of sp³-hybridized carbons (Fsp3) is 0.370. The first-order valence-electron chi connectivity index (χ1n) is 12.5. The third kappa shape index (κ3) is 8.77. The first-order valence-corrected chi connectivity index (χ1v) is 14.3. The molecule has 0 aliphatic carbocycles. The summed E-state index contributed by atoms with van der Waals surface area (Å²) in [4.78, 5) is 39.1. The van der Waals surface area contributed by atoms with E-state index in [1.165, 1.54) is 12.6 Å². The zero-order valence-corrected chi connectivity index (χ0v) is 23.1. The van der Waals surface area contributed by atoms with E-state index in [0.717, 1.165) is 62.2 Å². The van der Waals surface area contributed by atoms with Crippen molar-refractivity contribution in [1.29, 1.82) is 0 Å². The van der Waals surface area contributed by atoms with Crippen LogP contribution in [0.3, 0.4) is 0 Å². The van der Waals surface area contributed by atoms with Crippen molar-refractivity contribution in [3.63, 3.8) is 0 Å². The van der Waals surface area contributed by atoms with Gasteiger partial charge in [-0.05, 0) is 79.3 Å². The zero-order valence-electron chi connectivity index (χ0n) is 21.5. The number of nitrogens with one attached hydrogen (secondary N) is 2. The van der Waals surface area contributed by atoms with Crippen LogP contribution in [0.25, 0.3) is 17.3 Å². The molecule has 0 spiro atoms. The third-order valence-electron chi connectivity index (χ3n) is 5.85. The monoisotopic (exact) mass is 538 g/mol. The molecule has 0 unspecified atom stereocenters. The Morgan fingerprint density at radius 3 is 2.70 bits per heavy atom. The van der Waals surface area contributed by atoms with E-state index in [0.29, 0.717) is 23.2 Å². The molecule has 1 aliphatic heterocycles. The second kappa shape index (κ2) is 15.2. The minimum absolute atomic E-state index is 0.287. The highest BCUT2D eigenvalue weighted by atomic mass is 32.2. The van der Waals surface area contributed by atoms with Gasteiger partial charge in [0.25, 0.3) is 5.91 Å². The molecule has 10 heteroatoms. The Labute approximate surface area is 227 Å². The smallest absolute Gasteiger partial charge is 0.257 e. The summed E-state index contributed by atoms with van der Waals surface area (Å²) in [6, 6.07) is 10.1. The fourth-order valence-electron chi connectivity index (χ4n) is 3.95. The molecule has 1 aliphatic rings. The number of likely N-dealkylation sites (N-methyl/N-ethyl adjacent to an activating group) is 1. The average Bonchev–Trinajstić information content (AvgIpc) is 3.49. The van der Waals surface area contributed by atoms with E-state index in [-0.39, 0.29) is 10.8 Å². The number of rotatable bonds is 10. The van der Waals surface area contributed by atoms with Gasteiger partial charge in [0.05, 0.1) is 22.0 Å². The van der Waals surface area contributed by atoms with Crippen LogP contribution < -0.4 is 10.6 Å². The Kier molecular flexibility index (Phi) is 11.7. The van der Waals surface area contributed by atoms with Gasteiger partial charge in [0.2, 0.25) is 5.95 Å². The lowest BCUT2D eigenvalue weighted by atomic mass is 9.96. The molecule has 1 fully saturated rings. The van der Waals surface area contributed by atoms with E-state index in [4.69, 9.17) is 4.98 Å². The molecule has 4 rings (SSSR count). The lowest BCUT2D eigenvalue weighted by Gasteiger charge is -2.31. The molecule has 0 saturated carbocycles. The first-order chi connectivity index (χ1) is 18.1. The van der Waals surface area contributed by atoms with Crippen LogP contribution in [0.5, 0.6) is 0 Å². The fourth-order valence-corrected chi connectivity index (χ4v) is 5.10. The van der Waals surface area contributed by atoms with E-state index in [2.05, 4.69) is 60.5 Å². The highest BCUT2D eigenvalue weighted by Crippen LogP contribution is 2.23. The van der Waals surface area contributed by atoms with E-state index >= 15 is 0 Å². The SMILES string of the molecule is CC.CNC(=O)/C(=C/c1ccnc(NCC2CCN(Cc3cccc(-c4ccsc4)n3)CC2)n1)SC=O. The predicted molar refractivity (Wildman–Crippen MR) is 154 cm³/mol. The van der Waals surface area contributed by atoms with Crippen LogP contribution in [-0.2, 0) is 16.1 Å². The second-order valence-corrected chi connectivity index (χ2v) is 9.88. The van der Waals surface area contributed by atoms with Gasteiger partial charge in [-0.25, -0.2) is 9.97 Å². The predicted octanol–water partition coefficient (Wildman–Crippen LogP) is 4.96. The van der Waals surface area contributed by atoms with Crippen molar-refractivity contribution in [2.75, 3.05) is 32.0 Å². The highest BCUT2D eigenvalue weighted by molar-refractivity contribution is 8.16. The number of carbonyl (C=O) groups excluding carboxylic acids is 2. The van der Waals surface area contributed by atoms with E-state index in [1.54, 1.807) is 29.7 Å². The number of hydrogen-bond acceptors (Lipinski definition) is 9. The van der Waals surface area contributed by atoms with Crippen LogP contribution in [0.15, 0.2) is 52.2 Å². The molecule has 0 radical (unpaired) electrons. The molecule has 4 heterocycles. The molecule has 0 bridgehead atoms. The van der Waals surface area contributed by atoms with Crippen LogP contribution in [0, 0.1) is 5.92 Å². The standard InChI is InChI=1S/C25H28N6O2S2.C2H6/c1-26-24(33)23(35-17-32)13-20-5-9-27-25(30-20)28-14-18-6-10-31(11-7-18)15-21-3-2-4-22(29-21)19-8-12-34-16-19;1-2/h2-5,8-9,12-13,16-18H,6-7,10-11,14-15H2,1H3,(H,26,33)(H,27,28,30);1-2H3/b23-13-;. The van der Waals surface area contributed by atoms with Crippen molar-refractivity contribution in [2.24, 2.45) is 5.92 Å². The van der Waals surface area contributed by atoms with Crippen LogP contribution in [-0.4, -0.2) is 58.1 Å². The molecule has 1 saturated heterocycles. The summed E-state index contributed by atoms with van der Waals surface area (Å²) in [6.07, 6.45) is 5.42. The molecule has 37 heavy (non-hydrogen) atoms. The van der Waals surface area contributed by atoms with Crippen molar-refractivity contribution in [2.45, 2.75) is 33.2 Å². The average molecular weight is 539 g/mol. The van der Waals surface area contributed by atoms with Gasteiger partial charge in [-0.15, -0.1) is 0 Å². The van der Waals surface area contributed by atoms with Crippen LogP contribution in [0.1, 0.15) is 38.1 Å². The van der Waals surface area contributed by atoms with Gasteiger partial charge in [-0.1, -0.05) is 19.9 Å². The van der Waals surface area contributed by atoms with Gasteiger partial charge >= 0.3 is 0 Å². The summed E-state index contributed by atoms with van der Waals surface area (Å²) < 4.78 is 0. The zero-order chi connectivity index (χ0) is 26.5. The number of amides is 1. The lowest BCUT2D eigenvalue weighted by molar-refractivity contribution is -0.116. The van der Waals surface area contributed by atoms with Crippen LogP contribution in [0.4, 0.5) is 5.95 Å². The number of anilines is 1. The summed E-state index contributed by atoms with van der Waals surface area (Å²) in [7, 11) is 1.53. The molecule has 196 valence electrons. The summed E-state index contributed by atoms with van der Waals surface area (Å²) in [5, 5.41) is 10.1. The third-order valence-corrected chi connectivity index (χ3v) is 7.18. The number of pyridine rings is 1. The van der Waals surface area contributed by atoms with Gasteiger partial charge < -0.3 is 10.6 Å². The van der Waals surface area contributed by atoms with Crippen LogP contribution in [0.2, 0.25) is 0 Å². The molecule has 3 aromatic rings. The number of nitrogens with zero attached hydrogens (tertiary/aromatic N) is 4. The molecule has 2 N–H and O–H groups in total. The molecule has 1 amide bonds. The van der Waals surface area contributed by atoms with Gasteiger partial charge in [-0.3, -0.25) is 19.5 Å². The first kappa shape index (κ1) is 28.5. The summed E-state index contributed by atoms with van der Waals surface area (Å²) in [6.45, 7) is 7.71. The Hall–Kier alpha value is -3.08. The summed E-state index contributed by atoms with van der Waals surface area (Å²) >= 11 is 2.51. The van der Waals surface area contributed by atoms with Gasteiger partial charge in [0.1, 0.15) is 0 Å². The van der Waals surface area contributed by atoms with Crippen molar-refractivity contribution >= 4 is 46.6 Å². The Morgan fingerprint density at radius 2 is 2.00 bits per heavy atom. The largest absolute Gasteiger partial charge is 0.355 e. The maximum absolute atomic E-state index is 11.9. The second-order valence-electron chi connectivity index (χ2n) is 8.23. The number of likely N-dealkylation sites (tertiary alicyclic amines) is 1. The van der Waals surface area contributed by atoms with Crippen molar-refractivity contribution < 1.29 is 9.59 Å². The molecular formula is C27H34N6O2S2. The Bertz CT molecular complexity index is 1160.